The maximum atomic E-state index is 10.2. The third-order valence-electron chi connectivity index (χ3n) is 2.21. The van der Waals surface area contributed by atoms with Crippen LogP contribution < -0.4 is 0 Å². The molecule has 0 aromatic heterocycles. The Labute approximate surface area is 50.1 Å². The van der Waals surface area contributed by atoms with Crippen LogP contribution in [0.1, 0.15) is 20.3 Å². The number of aldehydes is 1. The van der Waals surface area contributed by atoms with Gasteiger partial charge in [0.25, 0.3) is 0 Å². The SMILES string of the molecule is CC1CC(C)C1C=O. The van der Waals surface area contributed by atoms with Gasteiger partial charge in [-0.2, -0.15) is 0 Å². The molecule has 1 rings (SSSR count). The van der Waals surface area contributed by atoms with E-state index in [2.05, 4.69) is 13.8 Å². The Morgan fingerprint density at radius 3 is 2.00 bits per heavy atom. The van der Waals surface area contributed by atoms with Gasteiger partial charge in [-0.25, -0.2) is 0 Å². The van der Waals surface area contributed by atoms with Crippen LogP contribution in [0.25, 0.3) is 0 Å². The predicted octanol–water partition coefficient (Wildman–Crippen LogP) is 1.48. The quantitative estimate of drug-likeness (QED) is 0.469. The normalized spacial score (nSPS) is 45.5. The first-order valence-electron chi connectivity index (χ1n) is 3.21. The molecule has 0 aliphatic heterocycles. The third kappa shape index (κ3) is 0.662. The van der Waals surface area contributed by atoms with Crippen molar-refractivity contribution in [1.29, 1.82) is 0 Å². The van der Waals surface area contributed by atoms with E-state index >= 15 is 0 Å². The molecule has 1 fully saturated rings. The van der Waals surface area contributed by atoms with E-state index in [9.17, 15) is 4.79 Å². The number of carbonyl (C=O) groups is 1. The number of hydrogen-bond donors (Lipinski definition) is 0. The molecule has 0 bridgehead atoms. The molecule has 1 aliphatic rings. The molecule has 0 radical (unpaired) electrons. The Morgan fingerprint density at radius 1 is 1.38 bits per heavy atom. The second kappa shape index (κ2) is 1.88. The van der Waals surface area contributed by atoms with Gasteiger partial charge in [0, 0.05) is 5.92 Å². The highest BCUT2D eigenvalue weighted by Gasteiger charge is 2.33. The van der Waals surface area contributed by atoms with E-state index in [4.69, 9.17) is 0 Å². The number of hydrogen-bond acceptors (Lipinski definition) is 1. The molecule has 0 spiro atoms. The van der Waals surface area contributed by atoms with Crippen molar-refractivity contribution >= 4 is 6.29 Å². The maximum absolute atomic E-state index is 10.2. The molecule has 1 aliphatic carbocycles. The summed E-state index contributed by atoms with van der Waals surface area (Å²) in [7, 11) is 0. The van der Waals surface area contributed by atoms with Crippen molar-refractivity contribution in [2.45, 2.75) is 20.3 Å². The van der Waals surface area contributed by atoms with Crippen molar-refractivity contribution < 1.29 is 4.79 Å². The summed E-state index contributed by atoms with van der Waals surface area (Å²) in [6.07, 6.45) is 2.34. The maximum Gasteiger partial charge on any atom is 0.123 e. The minimum atomic E-state index is 0.370. The largest absolute Gasteiger partial charge is 0.303 e. The van der Waals surface area contributed by atoms with Crippen molar-refractivity contribution in [3.05, 3.63) is 0 Å². The molecule has 1 saturated carbocycles. The van der Waals surface area contributed by atoms with E-state index < -0.39 is 0 Å². The summed E-state index contributed by atoms with van der Waals surface area (Å²) in [5.41, 5.74) is 0. The van der Waals surface area contributed by atoms with Crippen molar-refractivity contribution in [2.75, 3.05) is 0 Å². The van der Waals surface area contributed by atoms with E-state index in [1.165, 1.54) is 6.42 Å². The molecule has 0 N–H and O–H groups in total. The summed E-state index contributed by atoms with van der Waals surface area (Å²) >= 11 is 0. The van der Waals surface area contributed by atoms with Crippen LogP contribution in [0.5, 0.6) is 0 Å². The molecule has 1 nitrogen and oxygen atoms in total. The molecule has 0 amide bonds. The van der Waals surface area contributed by atoms with Crippen molar-refractivity contribution in [1.82, 2.24) is 0 Å². The first kappa shape index (κ1) is 5.80. The van der Waals surface area contributed by atoms with Crippen LogP contribution in [0.2, 0.25) is 0 Å². The van der Waals surface area contributed by atoms with Crippen LogP contribution in [0.15, 0.2) is 0 Å². The van der Waals surface area contributed by atoms with Crippen molar-refractivity contribution in [3.63, 3.8) is 0 Å². The van der Waals surface area contributed by atoms with Crippen LogP contribution in [-0.2, 0) is 4.79 Å². The van der Waals surface area contributed by atoms with Gasteiger partial charge in [-0.15, -0.1) is 0 Å². The summed E-state index contributed by atoms with van der Waals surface area (Å²) in [4.78, 5) is 10.2. The highest BCUT2D eigenvalue weighted by Crippen LogP contribution is 2.37. The smallest absolute Gasteiger partial charge is 0.123 e. The average Bonchev–Trinajstić information content (AvgIpc) is 1.67. The molecule has 0 heterocycles. The zero-order chi connectivity index (χ0) is 6.15. The predicted molar refractivity (Wildman–Crippen MR) is 32.5 cm³/mol. The summed E-state index contributed by atoms with van der Waals surface area (Å²) in [5.74, 6) is 1.68. The second-order valence-corrected chi connectivity index (χ2v) is 2.90. The molecule has 46 valence electrons. The van der Waals surface area contributed by atoms with E-state index in [0.29, 0.717) is 17.8 Å². The van der Waals surface area contributed by atoms with Crippen molar-refractivity contribution in [3.8, 4) is 0 Å². The fourth-order valence-corrected chi connectivity index (χ4v) is 1.53. The molecule has 0 aromatic carbocycles. The number of carbonyl (C=O) groups excluding carboxylic acids is 1. The zero-order valence-corrected chi connectivity index (χ0v) is 5.42. The van der Waals surface area contributed by atoms with Gasteiger partial charge in [-0.3, -0.25) is 0 Å². The Balaban J connectivity index is 2.39. The lowest BCUT2D eigenvalue weighted by molar-refractivity contribution is -0.118. The van der Waals surface area contributed by atoms with Crippen molar-refractivity contribution in [2.24, 2.45) is 17.8 Å². The van der Waals surface area contributed by atoms with Crippen LogP contribution in [0.3, 0.4) is 0 Å². The lowest BCUT2D eigenvalue weighted by atomic mass is 9.67. The minimum Gasteiger partial charge on any atom is -0.303 e. The monoisotopic (exact) mass is 112 g/mol. The van der Waals surface area contributed by atoms with Gasteiger partial charge in [0.05, 0.1) is 0 Å². The molecule has 2 atom stereocenters. The molecule has 0 aromatic rings. The van der Waals surface area contributed by atoms with E-state index in [1.54, 1.807) is 0 Å². The second-order valence-electron chi connectivity index (χ2n) is 2.90. The highest BCUT2D eigenvalue weighted by molar-refractivity contribution is 5.56. The van der Waals surface area contributed by atoms with Gasteiger partial charge < -0.3 is 4.79 Å². The Hall–Kier alpha value is -0.330. The van der Waals surface area contributed by atoms with E-state index in [1.807, 2.05) is 0 Å². The number of rotatable bonds is 1. The van der Waals surface area contributed by atoms with Gasteiger partial charge in [0.15, 0.2) is 0 Å². The van der Waals surface area contributed by atoms with Gasteiger partial charge in [0.1, 0.15) is 6.29 Å². The van der Waals surface area contributed by atoms with Crippen LogP contribution in [-0.4, -0.2) is 6.29 Å². The summed E-state index contributed by atoms with van der Waals surface area (Å²) in [5, 5.41) is 0. The minimum absolute atomic E-state index is 0.370. The fourth-order valence-electron chi connectivity index (χ4n) is 1.53. The average molecular weight is 112 g/mol. The van der Waals surface area contributed by atoms with Crippen LogP contribution in [0.4, 0.5) is 0 Å². The summed E-state index contributed by atoms with van der Waals surface area (Å²) < 4.78 is 0. The van der Waals surface area contributed by atoms with Crippen LogP contribution >= 0.6 is 0 Å². The molecular weight excluding hydrogens is 100 g/mol. The standard InChI is InChI=1S/C7H12O/c1-5-3-6(2)7(5)4-8/h4-7H,3H2,1-2H3. The molecular formula is C7H12O. The third-order valence-corrected chi connectivity index (χ3v) is 2.21. The summed E-state index contributed by atoms with van der Waals surface area (Å²) in [6, 6.07) is 0. The first-order valence-corrected chi connectivity index (χ1v) is 3.21. The van der Waals surface area contributed by atoms with Gasteiger partial charge in [0.2, 0.25) is 0 Å². The van der Waals surface area contributed by atoms with Gasteiger partial charge >= 0.3 is 0 Å². The fraction of sp³-hybridized carbons (Fsp3) is 0.857. The van der Waals surface area contributed by atoms with Crippen LogP contribution in [0, 0.1) is 17.8 Å². The molecule has 1 heteroatoms. The lowest BCUT2D eigenvalue weighted by Crippen LogP contribution is -2.33. The molecule has 2 unspecified atom stereocenters. The topological polar surface area (TPSA) is 17.1 Å². The highest BCUT2D eigenvalue weighted by atomic mass is 16.1. The Kier molecular flexibility index (Phi) is 1.37. The van der Waals surface area contributed by atoms with Gasteiger partial charge in [-0.1, -0.05) is 13.8 Å². The molecule has 0 saturated heterocycles. The van der Waals surface area contributed by atoms with Gasteiger partial charge in [-0.05, 0) is 18.3 Å². The summed E-state index contributed by atoms with van der Waals surface area (Å²) in [6.45, 7) is 4.28. The van der Waals surface area contributed by atoms with E-state index in [0.717, 1.165) is 6.29 Å². The Morgan fingerprint density at radius 2 is 1.88 bits per heavy atom. The lowest BCUT2D eigenvalue weighted by Gasteiger charge is -2.36. The Bertz CT molecular complexity index is 90.6. The van der Waals surface area contributed by atoms with E-state index in [-0.39, 0.29) is 0 Å². The molecule has 8 heavy (non-hydrogen) atoms. The first-order chi connectivity index (χ1) is 3.75. The zero-order valence-electron chi connectivity index (χ0n) is 5.42.